The highest BCUT2D eigenvalue weighted by molar-refractivity contribution is 5.79. The molecule has 2 fully saturated rings. The Balaban J connectivity index is 1.62. The summed E-state index contributed by atoms with van der Waals surface area (Å²) in [5.74, 6) is -0.105. The average molecular weight is 361 g/mol. The number of carbonyl (C=O) groups is 2. The molecule has 0 bridgehead atoms. The molecular weight excluding hydrogens is 334 g/mol. The first kappa shape index (κ1) is 18.8. The second-order valence-corrected chi connectivity index (χ2v) is 6.87. The first-order valence-electron chi connectivity index (χ1n) is 9.13. The van der Waals surface area contributed by atoms with Crippen LogP contribution in [0.2, 0.25) is 0 Å². The molecule has 0 unspecified atom stereocenters. The van der Waals surface area contributed by atoms with Crippen LogP contribution in [0.4, 0.5) is 0 Å². The minimum atomic E-state index is -0.240. The van der Waals surface area contributed by atoms with Crippen molar-refractivity contribution in [1.29, 1.82) is 0 Å². The lowest BCUT2D eigenvalue weighted by atomic mass is 9.75. The summed E-state index contributed by atoms with van der Waals surface area (Å²) in [5, 5.41) is 12.7. The fourth-order valence-corrected chi connectivity index (χ4v) is 4.00. The third-order valence-electron chi connectivity index (χ3n) is 5.26. The van der Waals surface area contributed by atoms with Crippen molar-refractivity contribution in [3.8, 4) is 0 Å². The number of ether oxygens (including phenoxy) is 1. The smallest absolute Gasteiger partial charge is 0.234 e. The SMILES string of the molecule is CC(=O)N1[C@H](CNC(=O)CN2CCOCC2)[C@@H](c2ccccc2)[C@@H]1CO. The zero-order chi connectivity index (χ0) is 18.5. The Morgan fingerprint density at radius 2 is 1.88 bits per heavy atom. The molecule has 26 heavy (non-hydrogen) atoms. The van der Waals surface area contributed by atoms with Crippen LogP contribution in [-0.4, -0.2) is 84.8 Å². The van der Waals surface area contributed by atoms with Gasteiger partial charge in [0.2, 0.25) is 11.8 Å². The van der Waals surface area contributed by atoms with Gasteiger partial charge in [-0.05, 0) is 5.56 Å². The van der Waals surface area contributed by atoms with Crippen molar-refractivity contribution in [2.24, 2.45) is 0 Å². The van der Waals surface area contributed by atoms with Crippen molar-refractivity contribution < 1.29 is 19.4 Å². The van der Waals surface area contributed by atoms with Crippen molar-refractivity contribution in [3.05, 3.63) is 35.9 Å². The second-order valence-electron chi connectivity index (χ2n) is 6.87. The van der Waals surface area contributed by atoms with Crippen molar-refractivity contribution in [1.82, 2.24) is 15.1 Å². The van der Waals surface area contributed by atoms with Gasteiger partial charge in [-0.3, -0.25) is 14.5 Å². The maximum atomic E-state index is 12.3. The molecule has 1 aromatic rings. The number of aliphatic hydroxyl groups is 1. The average Bonchev–Trinajstić information content (AvgIpc) is 2.62. The van der Waals surface area contributed by atoms with Gasteiger partial charge in [0.25, 0.3) is 0 Å². The zero-order valence-corrected chi connectivity index (χ0v) is 15.1. The third kappa shape index (κ3) is 4.06. The Labute approximate surface area is 153 Å². The topological polar surface area (TPSA) is 82.1 Å². The molecule has 3 atom stereocenters. The first-order valence-corrected chi connectivity index (χ1v) is 9.13. The normalized spacial score (nSPS) is 26.2. The van der Waals surface area contributed by atoms with Gasteiger partial charge in [-0.1, -0.05) is 30.3 Å². The van der Waals surface area contributed by atoms with Crippen LogP contribution in [0.5, 0.6) is 0 Å². The summed E-state index contributed by atoms with van der Waals surface area (Å²) < 4.78 is 5.29. The summed E-state index contributed by atoms with van der Waals surface area (Å²) in [4.78, 5) is 28.1. The Bertz CT molecular complexity index is 618. The Morgan fingerprint density at radius 3 is 2.50 bits per heavy atom. The van der Waals surface area contributed by atoms with Crippen LogP contribution in [0.3, 0.4) is 0 Å². The summed E-state index contributed by atoms with van der Waals surface area (Å²) in [5.41, 5.74) is 1.08. The van der Waals surface area contributed by atoms with E-state index in [4.69, 9.17) is 4.74 Å². The molecule has 7 heteroatoms. The quantitative estimate of drug-likeness (QED) is 0.734. The summed E-state index contributed by atoms with van der Waals surface area (Å²) in [6.07, 6.45) is 0. The lowest BCUT2D eigenvalue weighted by Gasteiger charge is -2.54. The van der Waals surface area contributed by atoms with Crippen molar-refractivity contribution in [2.75, 3.05) is 46.0 Å². The van der Waals surface area contributed by atoms with E-state index in [1.807, 2.05) is 30.3 Å². The molecule has 2 amide bonds. The van der Waals surface area contributed by atoms with Crippen LogP contribution in [0.15, 0.2) is 30.3 Å². The number of amides is 2. The monoisotopic (exact) mass is 361 g/mol. The zero-order valence-electron chi connectivity index (χ0n) is 15.1. The van der Waals surface area contributed by atoms with E-state index in [1.165, 1.54) is 6.92 Å². The molecule has 2 aliphatic rings. The van der Waals surface area contributed by atoms with Gasteiger partial charge in [-0.25, -0.2) is 0 Å². The van der Waals surface area contributed by atoms with Crippen molar-refractivity contribution in [3.63, 3.8) is 0 Å². The van der Waals surface area contributed by atoms with E-state index in [9.17, 15) is 14.7 Å². The number of morpholine rings is 1. The molecule has 2 heterocycles. The molecule has 142 valence electrons. The second kappa shape index (κ2) is 8.62. The number of carbonyl (C=O) groups excluding carboxylic acids is 2. The fourth-order valence-electron chi connectivity index (χ4n) is 4.00. The van der Waals surface area contributed by atoms with Gasteiger partial charge in [0.1, 0.15) is 0 Å². The summed E-state index contributed by atoms with van der Waals surface area (Å²) in [6, 6.07) is 9.48. The highest BCUT2D eigenvalue weighted by Gasteiger charge is 2.49. The number of hydrogen-bond donors (Lipinski definition) is 2. The first-order chi connectivity index (χ1) is 12.6. The largest absolute Gasteiger partial charge is 0.394 e. The predicted octanol–water partition coefficient (Wildman–Crippen LogP) is -0.190. The summed E-state index contributed by atoms with van der Waals surface area (Å²) in [7, 11) is 0. The Hall–Kier alpha value is -1.96. The molecule has 2 saturated heterocycles. The number of benzene rings is 1. The number of nitrogens with zero attached hydrogens (tertiary/aromatic N) is 2. The van der Waals surface area contributed by atoms with E-state index in [1.54, 1.807) is 4.90 Å². The number of aliphatic hydroxyl groups excluding tert-OH is 1. The standard InChI is InChI=1S/C19H27N3O4/c1-14(24)22-16(11-20-18(25)12-21-7-9-26-10-8-21)19(17(22)13-23)15-5-3-2-4-6-15/h2-6,16-17,19,23H,7-13H2,1H3,(H,20,25)/t16-,17+,19-/m1/s1. The number of hydrogen-bond acceptors (Lipinski definition) is 5. The van der Waals surface area contributed by atoms with Crippen LogP contribution >= 0.6 is 0 Å². The van der Waals surface area contributed by atoms with E-state index in [0.717, 1.165) is 18.7 Å². The van der Waals surface area contributed by atoms with Gasteiger partial charge < -0.3 is 20.1 Å². The maximum absolute atomic E-state index is 12.3. The molecule has 0 aliphatic carbocycles. The summed E-state index contributed by atoms with van der Waals surface area (Å²) >= 11 is 0. The molecule has 2 aliphatic heterocycles. The van der Waals surface area contributed by atoms with Gasteiger partial charge in [0, 0.05) is 32.5 Å². The van der Waals surface area contributed by atoms with Crippen molar-refractivity contribution in [2.45, 2.75) is 24.9 Å². The molecule has 7 nitrogen and oxygen atoms in total. The number of likely N-dealkylation sites (tertiary alicyclic amines) is 1. The Morgan fingerprint density at radius 1 is 1.19 bits per heavy atom. The van der Waals surface area contributed by atoms with Gasteiger partial charge in [-0.2, -0.15) is 0 Å². The Kier molecular flexibility index (Phi) is 6.24. The predicted molar refractivity (Wildman–Crippen MR) is 96.6 cm³/mol. The number of rotatable bonds is 6. The molecule has 1 aromatic carbocycles. The minimum Gasteiger partial charge on any atom is -0.394 e. The van der Waals surface area contributed by atoms with Crippen molar-refractivity contribution >= 4 is 11.8 Å². The van der Waals surface area contributed by atoms with E-state index in [2.05, 4.69) is 10.2 Å². The lowest BCUT2D eigenvalue weighted by molar-refractivity contribution is -0.148. The highest BCUT2D eigenvalue weighted by atomic mass is 16.5. The highest BCUT2D eigenvalue weighted by Crippen LogP contribution is 2.40. The summed E-state index contributed by atoms with van der Waals surface area (Å²) in [6.45, 7) is 4.98. The molecule has 0 radical (unpaired) electrons. The molecule has 0 saturated carbocycles. The molecule has 2 N–H and O–H groups in total. The minimum absolute atomic E-state index is 0.0220. The van der Waals surface area contributed by atoms with E-state index < -0.39 is 0 Å². The lowest BCUT2D eigenvalue weighted by Crippen LogP contribution is -2.68. The van der Waals surface area contributed by atoms with Gasteiger partial charge in [-0.15, -0.1) is 0 Å². The van der Waals surface area contributed by atoms with E-state index in [0.29, 0.717) is 26.3 Å². The maximum Gasteiger partial charge on any atom is 0.234 e. The molecule has 0 spiro atoms. The van der Waals surface area contributed by atoms with E-state index >= 15 is 0 Å². The third-order valence-corrected chi connectivity index (χ3v) is 5.26. The van der Waals surface area contributed by atoms with Crippen LogP contribution in [0, 0.1) is 0 Å². The van der Waals surface area contributed by atoms with Gasteiger partial charge >= 0.3 is 0 Å². The van der Waals surface area contributed by atoms with Crippen LogP contribution < -0.4 is 5.32 Å². The molecule has 3 rings (SSSR count). The van der Waals surface area contributed by atoms with Crippen LogP contribution in [0.1, 0.15) is 18.4 Å². The fraction of sp³-hybridized carbons (Fsp3) is 0.579. The number of nitrogens with one attached hydrogen (secondary N) is 1. The molecular formula is C19H27N3O4. The molecule has 0 aromatic heterocycles. The van der Waals surface area contributed by atoms with E-state index in [-0.39, 0.29) is 36.4 Å². The van der Waals surface area contributed by atoms with Crippen LogP contribution in [-0.2, 0) is 14.3 Å². The van der Waals surface area contributed by atoms with Gasteiger partial charge in [0.05, 0.1) is 38.4 Å². The van der Waals surface area contributed by atoms with Crippen LogP contribution in [0.25, 0.3) is 0 Å². The van der Waals surface area contributed by atoms with Gasteiger partial charge in [0.15, 0.2) is 0 Å².